The van der Waals surface area contributed by atoms with Crippen molar-refractivity contribution in [3.05, 3.63) is 8.06 Å². The van der Waals surface area contributed by atoms with Crippen molar-refractivity contribution in [1.29, 1.82) is 0 Å². The molecule has 3 aliphatic rings. The van der Waals surface area contributed by atoms with E-state index < -0.39 is 0 Å². The van der Waals surface area contributed by atoms with E-state index in [2.05, 4.69) is 15.9 Å². The quantitative estimate of drug-likeness (QED) is 0.461. The topological polar surface area (TPSA) is 0 Å². The first kappa shape index (κ1) is 3.89. The first-order valence-corrected chi connectivity index (χ1v) is 6.79. The molecule has 0 atom stereocenters. The summed E-state index contributed by atoms with van der Waals surface area (Å²) in [5.41, 5.74) is 1.74. The molecule has 34 valence electrons. The SMILES string of the molecule is BrC1=C2CI1C2. The summed E-state index contributed by atoms with van der Waals surface area (Å²) < 4.78 is 4.79. The van der Waals surface area contributed by atoms with Gasteiger partial charge < -0.3 is 0 Å². The minimum atomic E-state index is -0.264. The van der Waals surface area contributed by atoms with Gasteiger partial charge in [-0.05, 0) is 0 Å². The van der Waals surface area contributed by atoms with Gasteiger partial charge in [-0.25, -0.2) is 0 Å². The van der Waals surface area contributed by atoms with Crippen LogP contribution in [0.4, 0.5) is 0 Å². The van der Waals surface area contributed by atoms with Crippen LogP contribution < -0.4 is 0 Å². The Kier molecular flexibility index (Phi) is 0.662. The van der Waals surface area contributed by atoms with Crippen molar-refractivity contribution in [2.75, 3.05) is 8.86 Å². The van der Waals surface area contributed by atoms with E-state index >= 15 is 0 Å². The average Bonchev–Trinajstić information content (AvgIpc) is 1.28. The molecule has 0 amide bonds. The number of rotatable bonds is 0. The monoisotopic (exact) mass is 258 g/mol. The molecule has 3 heterocycles. The Morgan fingerprint density at radius 2 is 1.83 bits per heavy atom. The van der Waals surface area contributed by atoms with Gasteiger partial charge in [-0.3, -0.25) is 0 Å². The van der Waals surface area contributed by atoms with Gasteiger partial charge in [0, 0.05) is 0 Å². The van der Waals surface area contributed by atoms with Crippen molar-refractivity contribution in [2.24, 2.45) is 0 Å². The molecule has 0 aromatic heterocycles. The summed E-state index contributed by atoms with van der Waals surface area (Å²) >= 11 is 3.26. The van der Waals surface area contributed by atoms with Crippen LogP contribution in [-0.2, 0) is 0 Å². The van der Waals surface area contributed by atoms with Gasteiger partial charge in [-0.15, -0.1) is 0 Å². The Hall–Kier alpha value is 0.950. The molecule has 2 bridgehead atoms. The second-order valence-electron chi connectivity index (χ2n) is 1.59. The fraction of sp³-hybridized carbons (Fsp3) is 0.500. The van der Waals surface area contributed by atoms with Gasteiger partial charge in [0.25, 0.3) is 0 Å². The molecule has 0 N–H and O–H groups in total. The third-order valence-corrected chi connectivity index (χ3v) is 10.3. The first-order chi connectivity index (χ1) is 2.88. The number of alkyl halides is 2. The van der Waals surface area contributed by atoms with Gasteiger partial charge in [0.1, 0.15) is 0 Å². The average molecular weight is 259 g/mol. The van der Waals surface area contributed by atoms with Crippen LogP contribution in [-0.4, -0.2) is 8.86 Å². The van der Waals surface area contributed by atoms with Gasteiger partial charge in [-0.1, -0.05) is 0 Å². The van der Waals surface area contributed by atoms with Crippen LogP contribution >= 0.6 is 35.7 Å². The van der Waals surface area contributed by atoms with Gasteiger partial charge in [-0.2, -0.15) is 0 Å². The molecule has 6 heavy (non-hydrogen) atoms. The molecule has 1 fully saturated rings. The fourth-order valence-electron chi connectivity index (χ4n) is 0.613. The maximum atomic E-state index is 3.52. The van der Waals surface area contributed by atoms with Crippen LogP contribution in [0, 0.1) is 0 Å². The number of allylic oxidation sites excluding steroid dienone is 1. The van der Waals surface area contributed by atoms with Crippen LogP contribution in [0.3, 0.4) is 0 Å². The zero-order valence-electron chi connectivity index (χ0n) is 3.17. The summed E-state index contributed by atoms with van der Waals surface area (Å²) in [4.78, 5) is 0. The standard InChI is InChI=1S/C4H4BrI/c5-4-3-1-6(4)2-3/h1-2H2. The summed E-state index contributed by atoms with van der Waals surface area (Å²) in [6, 6.07) is 0. The molecule has 0 aromatic carbocycles. The number of halogens is 2. The van der Waals surface area contributed by atoms with Crippen molar-refractivity contribution in [3.8, 4) is 0 Å². The third kappa shape index (κ3) is 0.269. The normalized spacial score (nSPS) is 32.5. The molecule has 0 spiro atoms. The van der Waals surface area contributed by atoms with E-state index in [4.69, 9.17) is 0 Å². The first-order valence-electron chi connectivity index (χ1n) is 1.87. The van der Waals surface area contributed by atoms with Gasteiger partial charge in [0.2, 0.25) is 0 Å². The van der Waals surface area contributed by atoms with E-state index in [9.17, 15) is 0 Å². The predicted octanol–water partition coefficient (Wildman–Crippen LogP) is 2.13. The summed E-state index contributed by atoms with van der Waals surface area (Å²) in [6.45, 7) is 0. The molecule has 0 unspecified atom stereocenters. The molecule has 0 aliphatic carbocycles. The van der Waals surface area contributed by atoms with Gasteiger partial charge >= 0.3 is 52.7 Å². The molecule has 3 aliphatic heterocycles. The van der Waals surface area contributed by atoms with E-state index in [-0.39, 0.29) is 19.8 Å². The zero-order valence-corrected chi connectivity index (χ0v) is 6.91. The molecular formula is C4H4BrI. The van der Waals surface area contributed by atoms with Crippen LogP contribution in [0.5, 0.6) is 0 Å². The van der Waals surface area contributed by atoms with E-state index in [1.54, 1.807) is 16.9 Å². The summed E-state index contributed by atoms with van der Waals surface area (Å²) in [5.74, 6) is 0. The molecule has 3 rings (SSSR count). The Bertz CT molecular complexity index is 120. The Morgan fingerprint density at radius 3 is 1.83 bits per heavy atom. The fourth-order valence-corrected chi connectivity index (χ4v) is 6.95. The second kappa shape index (κ2) is 1.02. The van der Waals surface area contributed by atoms with Crippen LogP contribution in [0.1, 0.15) is 0 Å². The van der Waals surface area contributed by atoms with E-state index in [0.29, 0.717) is 0 Å². The van der Waals surface area contributed by atoms with Gasteiger partial charge in [0.15, 0.2) is 0 Å². The second-order valence-corrected chi connectivity index (χ2v) is 9.07. The van der Waals surface area contributed by atoms with Crippen LogP contribution in [0.15, 0.2) is 8.06 Å². The third-order valence-electron chi connectivity index (χ3n) is 1.15. The maximum absolute atomic E-state index is 3.52. The molecule has 0 aromatic rings. The molecular weight excluding hydrogens is 255 g/mol. The zero-order chi connectivity index (χ0) is 4.15. The van der Waals surface area contributed by atoms with Crippen molar-refractivity contribution in [1.82, 2.24) is 0 Å². The minimum absolute atomic E-state index is 0.264. The summed E-state index contributed by atoms with van der Waals surface area (Å²) in [6.07, 6.45) is 0. The number of hydrogen-bond donors (Lipinski definition) is 0. The van der Waals surface area contributed by atoms with Crippen molar-refractivity contribution >= 4 is 35.7 Å². The summed E-state index contributed by atoms with van der Waals surface area (Å²) in [5, 5.41) is 0. The Morgan fingerprint density at radius 1 is 1.50 bits per heavy atom. The van der Waals surface area contributed by atoms with Crippen molar-refractivity contribution in [2.45, 2.75) is 0 Å². The van der Waals surface area contributed by atoms with Crippen molar-refractivity contribution < 1.29 is 0 Å². The molecule has 2 heteroatoms. The number of hydrogen-bond acceptors (Lipinski definition) is 0. The molecule has 1 saturated heterocycles. The van der Waals surface area contributed by atoms with Gasteiger partial charge in [0.05, 0.1) is 0 Å². The van der Waals surface area contributed by atoms with E-state index in [1.165, 1.54) is 0 Å². The van der Waals surface area contributed by atoms with E-state index in [1.807, 2.05) is 0 Å². The summed E-state index contributed by atoms with van der Waals surface area (Å²) in [7, 11) is 0. The van der Waals surface area contributed by atoms with Crippen LogP contribution in [0.25, 0.3) is 0 Å². The Labute approximate surface area is 52.5 Å². The molecule has 0 radical (unpaired) electrons. The Balaban J connectivity index is 2.49. The van der Waals surface area contributed by atoms with Crippen LogP contribution in [0.2, 0.25) is 0 Å². The molecule has 0 nitrogen and oxygen atoms in total. The van der Waals surface area contributed by atoms with Crippen molar-refractivity contribution in [3.63, 3.8) is 0 Å². The van der Waals surface area contributed by atoms with E-state index in [0.717, 1.165) is 0 Å². The molecule has 0 saturated carbocycles. The predicted molar refractivity (Wildman–Crippen MR) is 39.7 cm³/mol.